The van der Waals surface area contributed by atoms with Crippen molar-refractivity contribution in [2.24, 2.45) is 40.3 Å². The van der Waals surface area contributed by atoms with Crippen LogP contribution in [0.5, 0.6) is 0 Å². The van der Waals surface area contributed by atoms with Gasteiger partial charge in [0.2, 0.25) is 0 Å². The van der Waals surface area contributed by atoms with Crippen LogP contribution < -0.4 is 11.1 Å². The Morgan fingerprint density at radius 3 is 2.12 bits per heavy atom. The number of hydrogen-bond acceptors (Lipinski definition) is 17. The van der Waals surface area contributed by atoms with E-state index in [0.717, 1.165) is 32.1 Å². The number of carboxylic acid groups (broad SMARTS) is 1. The van der Waals surface area contributed by atoms with Gasteiger partial charge < -0.3 is 81.4 Å². The first-order valence-corrected chi connectivity index (χ1v) is 27.1. The molecule has 2 aliphatic heterocycles. The van der Waals surface area contributed by atoms with Crippen LogP contribution in [-0.2, 0) is 28.6 Å². The van der Waals surface area contributed by atoms with Crippen molar-refractivity contribution >= 4 is 23.9 Å². The summed E-state index contributed by atoms with van der Waals surface area (Å²) in [4.78, 5) is 41.4. The quantitative estimate of drug-likeness (QED) is 0.0333. The predicted molar refractivity (Wildman–Crippen MR) is 287 cm³/mol. The number of carboxylic acids is 1. The predicted octanol–water partition coefficient (Wildman–Crippen LogP) is 3.37. The molecule has 0 spiro atoms. The number of aliphatic carboxylic acids is 1. The van der Waals surface area contributed by atoms with Gasteiger partial charge in [0.05, 0.1) is 54.9 Å². The van der Waals surface area contributed by atoms with Crippen molar-refractivity contribution in [3.8, 4) is 0 Å². The zero-order valence-electron chi connectivity index (χ0n) is 46.1. The number of guanidine groups is 1. The number of fused-ring (bicyclic) bond motifs is 2. The lowest BCUT2D eigenvalue weighted by Gasteiger charge is -2.45. The molecule has 76 heavy (non-hydrogen) atoms. The monoisotopic (exact) mass is 1080 g/mol. The number of nitrogens with two attached hydrogens (primary N) is 1. The van der Waals surface area contributed by atoms with Gasteiger partial charge >= 0.3 is 17.9 Å². The Kier molecular flexibility index (Phi) is 31.1. The summed E-state index contributed by atoms with van der Waals surface area (Å²) in [5, 5.41) is 123. The number of allylic oxidation sites excluding steroid dienone is 6. The highest BCUT2D eigenvalue weighted by molar-refractivity contribution is 5.90. The second kappa shape index (κ2) is 34.7. The van der Waals surface area contributed by atoms with E-state index in [2.05, 4.69) is 22.5 Å². The summed E-state index contributed by atoms with van der Waals surface area (Å²) in [5.74, 6) is -7.51. The lowest BCUT2D eigenvalue weighted by molar-refractivity contribution is -0.332. The Labute approximate surface area is 450 Å². The third-order valence-corrected chi connectivity index (χ3v) is 14.7. The van der Waals surface area contributed by atoms with E-state index in [1.54, 1.807) is 72.0 Å². The number of nitrogens with one attached hydrogen (secondary N) is 1. The fourth-order valence-electron chi connectivity index (χ4n) is 9.75. The molecule has 2 heterocycles. The normalized spacial score (nSPS) is 38.0. The average molecular weight is 1080 g/mol. The number of esters is 2. The van der Waals surface area contributed by atoms with Gasteiger partial charge in [-0.15, -0.1) is 0 Å². The summed E-state index contributed by atoms with van der Waals surface area (Å²) >= 11 is 0. The molecule has 0 aromatic carbocycles. The molecule has 0 aliphatic carbocycles. The van der Waals surface area contributed by atoms with Gasteiger partial charge in [-0.25, -0.2) is 4.79 Å². The SMILES string of the molecule is CN=C(N)NCCC/C=C/CCCC(C)C1OC(=O)/C(C)=C\C=C\C(C)C(O)C(C)C(O)C(C)C(O)CCCC(O)CC2(O)OC(CC(OC(=O)CC(=O)O)CC(O)CC(O)CC(O)/C(C)=C/C=C/C1C)CC(O)C2O. The van der Waals surface area contributed by atoms with E-state index in [9.17, 15) is 70.6 Å². The molecule has 0 radical (unpaired) electrons. The van der Waals surface area contributed by atoms with Crippen molar-refractivity contribution in [2.45, 2.75) is 224 Å². The minimum atomic E-state index is -2.51. The molecule has 18 atom stereocenters. The van der Waals surface area contributed by atoms with Crippen LogP contribution >= 0.6 is 0 Å². The zero-order valence-corrected chi connectivity index (χ0v) is 46.1. The second-order valence-electron chi connectivity index (χ2n) is 21.5. The summed E-state index contributed by atoms with van der Waals surface area (Å²) in [5.41, 5.74) is 6.49. The van der Waals surface area contributed by atoms with Crippen molar-refractivity contribution in [1.82, 2.24) is 5.32 Å². The van der Waals surface area contributed by atoms with Crippen LogP contribution in [0.15, 0.2) is 64.7 Å². The summed E-state index contributed by atoms with van der Waals surface area (Å²) in [7, 11) is 1.62. The van der Waals surface area contributed by atoms with Gasteiger partial charge in [-0.3, -0.25) is 14.6 Å². The van der Waals surface area contributed by atoms with Gasteiger partial charge in [0.15, 0.2) is 11.7 Å². The fraction of sp³-hybridized carbons (Fsp3) is 0.750. The molecule has 1 fully saturated rings. The molecular weight excluding hydrogens is 987 g/mol. The van der Waals surface area contributed by atoms with E-state index in [1.165, 1.54) is 0 Å². The molecule has 14 N–H and O–H groups in total. The van der Waals surface area contributed by atoms with Crippen LogP contribution in [-0.4, -0.2) is 173 Å². The molecular formula is C56H95N3O17. The van der Waals surface area contributed by atoms with Crippen molar-refractivity contribution < 1.29 is 84.8 Å². The van der Waals surface area contributed by atoms with Crippen molar-refractivity contribution in [1.29, 1.82) is 0 Å². The van der Waals surface area contributed by atoms with Crippen LogP contribution in [0, 0.1) is 29.6 Å². The zero-order chi connectivity index (χ0) is 57.3. The number of hydrogen-bond donors (Lipinski definition) is 13. The minimum Gasteiger partial charge on any atom is -0.481 e. The van der Waals surface area contributed by atoms with Crippen LogP contribution in [0.25, 0.3) is 0 Å². The topological polar surface area (TPSA) is 352 Å². The third kappa shape index (κ3) is 24.7. The van der Waals surface area contributed by atoms with E-state index >= 15 is 0 Å². The largest absolute Gasteiger partial charge is 0.481 e. The molecule has 0 aromatic rings. The summed E-state index contributed by atoms with van der Waals surface area (Å²) in [6, 6.07) is 0. The number of aliphatic hydroxyl groups excluding tert-OH is 9. The fourth-order valence-corrected chi connectivity index (χ4v) is 9.75. The van der Waals surface area contributed by atoms with Gasteiger partial charge in [0.25, 0.3) is 0 Å². The third-order valence-electron chi connectivity index (χ3n) is 14.7. The van der Waals surface area contributed by atoms with Crippen molar-refractivity contribution in [3.05, 3.63) is 59.8 Å². The summed E-state index contributed by atoms with van der Waals surface area (Å²) < 4.78 is 17.4. The first-order chi connectivity index (χ1) is 35.7. The van der Waals surface area contributed by atoms with Gasteiger partial charge in [-0.1, -0.05) is 83.2 Å². The lowest BCUT2D eigenvalue weighted by atomic mass is 9.81. The molecule has 20 heteroatoms. The van der Waals surface area contributed by atoms with E-state index in [0.29, 0.717) is 23.7 Å². The van der Waals surface area contributed by atoms with Crippen molar-refractivity contribution in [2.75, 3.05) is 13.6 Å². The Balaban J connectivity index is 2.44. The van der Waals surface area contributed by atoms with Crippen LogP contribution in [0.3, 0.4) is 0 Å². The number of ether oxygens (including phenoxy) is 3. The number of carbonyl (C=O) groups excluding carboxylic acids is 2. The molecule has 1 saturated heterocycles. The van der Waals surface area contributed by atoms with Crippen LogP contribution in [0.1, 0.15) is 145 Å². The molecule has 2 bridgehead atoms. The standard InChI is InChI=1S/C56H95N3O17/c1-33-19-15-21-36(4)52(35(3)18-13-11-9-10-12-14-25-59-55(57)58-8)75-54(72)37(5)22-16-20-34(2)50(69)39(7)51(70)38(6)45(63)24-17-23-40(60)32-56(73)53(71)47(65)30-44(76-56)29-43(74-49(68)31-48(66)67)27-41(61)26-42(62)28-46(33)64/h9-10,15-16,19-22,34-36,38-47,50-53,60-65,69-71,73H,11-14,17-18,23-32H2,1-8H3,(H,66,67)(H3,57,58,59)/b10-9+,20-16+,21-15+,33-19+,37-22-. The highest BCUT2D eigenvalue weighted by Gasteiger charge is 2.49. The number of nitrogens with zero attached hydrogens (tertiary/aromatic N) is 1. The maximum Gasteiger partial charge on any atom is 0.334 e. The minimum absolute atomic E-state index is 0.00672. The van der Waals surface area contributed by atoms with Gasteiger partial charge in [0, 0.05) is 74.9 Å². The summed E-state index contributed by atoms with van der Waals surface area (Å²) in [6.45, 7) is 13.0. The second-order valence-corrected chi connectivity index (χ2v) is 21.5. The maximum absolute atomic E-state index is 13.6. The van der Waals surface area contributed by atoms with E-state index in [-0.39, 0.29) is 63.2 Å². The van der Waals surface area contributed by atoms with E-state index < -0.39 is 128 Å². The molecule has 2 rings (SSSR count). The van der Waals surface area contributed by atoms with Crippen LogP contribution in [0.2, 0.25) is 0 Å². The van der Waals surface area contributed by atoms with E-state index in [1.807, 2.05) is 19.9 Å². The number of aliphatic imine (C=N–C) groups is 1. The molecule has 18 unspecified atom stereocenters. The van der Waals surface area contributed by atoms with Crippen LogP contribution in [0.4, 0.5) is 0 Å². The van der Waals surface area contributed by atoms with Crippen molar-refractivity contribution in [3.63, 3.8) is 0 Å². The first-order valence-electron chi connectivity index (χ1n) is 27.1. The number of carbonyl (C=O) groups is 3. The molecule has 2 aliphatic rings. The molecule has 0 saturated carbocycles. The number of cyclic esters (lactones) is 1. The Bertz CT molecular complexity index is 1930. The first kappa shape index (κ1) is 68.0. The Morgan fingerprint density at radius 2 is 1.46 bits per heavy atom. The Morgan fingerprint density at radius 1 is 0.829 bits per heavy atom. The number of rotatable bonds is 12. The Hall–Kier alpha value is -4.06. The van der Waals surface area contributed by atoms with Gasteiger partial charge in [-0.2, -0.15) is 0 Å². The smallest absolute Gasteiger partial charge is 0.334 e. The summed E-state index contributed by atoms with van der Waals surface area (Å²) in [6.07, 6.45) is 1.16. The lowest BCUT2D eigenvalue weighted by Crippen LogP contribution is -2.59. The average Bonchev–Trinajstić information content (AvgIpc) is 3.34. The van der Waals surface area contributed by atoms with Gasteiger partial charge in [-0.05, 0) is 83.1 Å². The highest BCUT2D eigenvalue weighted by atomic mass is 16.7. The maximum atomic E-state index is 13.6. The number of aliphatic hydroxyl groups is 10. The molecule has 20 nitrogen and oxygen atoms in total. The highest BCUT2D eigenvalue weighted by Crippen LogP contribution is 2.36. The van der Waals surface area contributed by atoms with E-state index in [4.69, 9.17) is 19.9 Å². The molecule has 0 aromatic heterocycles. The number of unbranched alkanes of at least 4 members (excludes halogenated alkanes) is 2. The molecule has 436 valence electrons. The van der Waals surface area contributed by atoms with Gasteiger partial charge in [0.1, 0.15) is 24.7 Å². The molecule has 0 amide bonds.